The third-order valence-electron chi connectivity index (χ3n) is 4.80. The Hall–Kier alpha value is -0.0800. The van der Waals surface area contributed by atoms with Crippen molar-refractivity contribution in [1.29, 1.82) is 0 Å². The van der Waals surface area contributed by atoms with E-state index in [0.29, 0.717) is 5.41 Å². The molecule has 2 aliphatic carbocycles. The summed E-state index contributed by atoms with van der Waals surface area (Å²) in [5.41, 5.74) is -0.334. The Morgan fingerprint density at radius 2 is 1.60 bits per heavy atom. The van der Waals surface area contributed by atoms with Crippen LogP contribution in [0.25, 0.3) is 0 Å². The monoisotopic (exact) mass is 212 g/mol. The van der Waals surface area contributed by atoms with Gasteiger partial charge in [0, 0.05) is 5.41 Å². The van der Waals surface area contributed by atoms with Crippen molar-refractivity contribution in [2.75, 3.05) is 6.61 Å². The minimum absolute atomic E-state index is 0.132. The summed E-state index contributed by atoms with van der Waals surface area (Å²) in [6, 6.07) is 0. The highest BCUT2D eigenvalue weighted by Gasteiger charge is 2.58. The van der Waals surface area contributed by atoms with Crippen LogP contribution in [0.5, 0.6) is 0 Å². The van der Waals surface area contributed by atoms with Crippen LogP contribution in [-0.4, -0.2) is 22.4 Å². The van der Waals surface area contributed by atoms with Gasteiger partial charge < -0.3 is 10.2 Å². The zero-order chi connectivity index (χ0) is 11.2. The third kappa shape index (κ3) is 1.94. The van der Waals surface area contributed by atoms with Crippen LogP contribution in [0.1, 0.15) is 58.8 Å². The summed E-state index contributed by atoms with van der Waals surface area (Å²) in [7, 11) is 0. The van der Waals surface area contributed by atoms with Gasteiger partial charge in [-0.2, -0.15) is 0 Å². The Morgan fingerprint density at radius 1 is 0.933 bits per heavy atom. The Balaban J connectivity index is 2.10. The van der Waals surface area contributed by atoms with Crippen LogP contribution in [0.15, 0.2) is 0 Å². The second kappa shape index (κ2) is 3.46. The molecule has 0 amide bonds. The minimum atomic E-state index is -0.574. The molecule has 0 aromatic rings. The predicted molar refractivity (Wildman–Crippen MR) is 60.6 cm³/mol. The number of aliphatic hydroxyl groups is 2. The fourth-order valence-electron chi connectivity index (χ4n) is 3.11. The fourth-order valence-corrected chi connectivity index (χ4v) is 3.11. The molecule has 2 nitrogen and oxygen atoms in total. The average Bonchev–Trinajstić information content (AvgIpc) is 2.95. The molecule has 15 heavy (non-hydrogen) atoms. The highest BCUT2D eigenvalue weighted by atomic mass is 16.3. The molecule has 0 aliphatic heterocycles. The first-order chi connectivity index (χ1) is 6.93. The SMILES string of the molecule is CC1(C)CCCC(O)(C2(CO)CC2)CC1. The van der Waals surface area contributed by atoms with Crippen molar-refractivity contribution < 1.29 is 10.2 Å². The second-order valence-corrected chi connectivity index (χ2v) is 6.49. The number of aliphatic hydroxyl groups excluding tert-OH is 1. The largest absolute Gasteiger partial charge is 0.396 e. The van der Waals surface area contributed by atoms with Crippen LogP contribution in [0, 0.1) is 10.8 Å². The summed E-state index contributed by atoms with van der Waals surface area (Å²) >= 11 is 0. The lowest BCUT2D eigenvalue weighted by atomic mass is 9.77. The Bertz CT molecular complexity index is 243. The van der Waals surface area contributed by atoms with E-state index in [0.717, 1.165) is 38.5 Å². The molecule has 2 rings (SSSR count). The topological polar surface area (TPSA) is 40.5 Å². The Kier molecular flexibility index (Phi) is 2.63. The Morgan fingerprint density at radius 3 is 2.13 bits per heavy atom. The highest BCUT2D eigenvalue weighted by Crippen LogP contribution is 2.59. The van der Waals surface area contributed by atoms with Crippen molar-refractivity contribution >= 4 is 0 Å². The molecule has 2 saturated carbocycles. The standard InChI is InChI=1S/C13H24O2/c1-11(2)4-3-5-13(15,9-6-11)12(10-14)7-8-12/h14-15H,3-10H2,1-2H3. The van der Waals surface area contributed by atoms with E-state index in [9.17, 15) is 10.2 Å². The van der Waals surface area contributed by atoms with E-state index in [1.165, 1.54) is 6.42 Å². The minimum Gasteiger partial charge on any atom is -0.396 e. The first-order valence-electron chi connectivity index (χ1n) is 6.26. The highest BCUT2D eigenvalue weighted by molar-refractivity contribution is 5.09. The fraction of sp³-hybridized carbons (Fsp3) is 1.00. The molecule has 2 fully saturated rings. The van der Waals surface area contributed by atoms with Crippen LogP contribution >= 0.6 is 0 Å². The molecular formula is C13H24O2. The van der Waals surface area contributed by atoms with Crippen LogP contribution in [0.3, 0.4) is 0 Å². The molecule has 1 unspecified atom stereocenters. The van der Waals surface area contributed by atoms with Crippen molar-refractivity contribution in [2.24, 2.45) is 10.8 Å². The summed E-state index contributed by atoms with van der Waals surface area (Å²) in [5, 5.41) is 20.1. The summed E-state index contributed by atoms with van der Waals surface area (Å²) < 4.78 is 0. The maximum absolute atomic E-state index is 10.7. The van der Waals surface area contributed by atoms with E-state index in [1.54, 1.807) is 0 Å². The van der Waals surface area contributed by atoms with Crippen molar-refractivity contribution in [3.05, 3.63) is 0 Å². The normalized spacial score (nSPS) is 38.4. The molecule has 0 aromatic carbocycles. The summed E-state index contributed by atoms with van der Waals surface area (Å²) in [5.74, 6) is 0. The van der Waals surface area contributed by atoms with Gasteiger partial charge in [0.15, 0.2) is 0 Å². The van der Waals surface area contributed by atoms with E-state index >= 15 is 0 Å². The van der Waals surface area contributed by atoms with Gasteiger partial charge in [-0.1, -0.05) is 20.3 Å². The summed E-state index contributed by atoms with van der Waals surface area (Å²) in [4.78, 5) is 0. The quantitative estimate of drug-likeness (QED) is 0.690. The maximum Gasteiger partial charge on any atom is 0.0725 e. The molecule has 0 radical (unpaired) electrons. The van der Waals surface area contributed by atoms with Crippen molar-refractivity contribution in [2.45, 2.75) is 64.4 Å². The van der Waals surface area contributed by atoms with Gasteiger partial charge in [0.25, 0.3) is 0 Å². The molecule has 0 aromatic heterocycles. The van der Waals surface area contributed by atoms with E-state index in [-0.39, 0.29) is 12.0 Å². The predicted octanol–water partition coefficient (Wildman–Crippen LogP) is 2.48. The van der Waals surface area contributed by atoms with E-state index in [4.69, 9.17) is 0 Å². The Labute approximate surface area is 92.7 Å². The summed E-state index contributed by atoms with van der Waals surface area (Å²) in [6.45, 7) is 4.75. The van der Waals surface area contributed by atoms with Crippen LogP contribution < -0.4 is 0 Å². The van der Waals surface area contributed by atoms with Gasteiger partial charge >= 0.3 is 0 Å². The van der Waals surface area contributed by atoms with Crippen molar-refractivity contribution in [3.8, 4) is 0 Å². The number of rotatable bonds is 2. The van der Waals surface area contributed by atoms with Crippen molar-refractivity contribution in [3.63, 3.8) is 0 Å². The zero-order valence-corrected chi connectivity index (χ0v) is 10.1. The van der Waals surface area contributed by atoms with Crippen LogP contribution in [-0.2, 0) is 0 Å². The average molecular weight is 212 g/mol. The first kappa shape index (κ1) is 11.4. The molecule has 0 spiro atoms. The van der Waals surface area contributed by atoms with Gasteiger partial charge in [-0.3, -0.25) is 0 Å². The van der Waals surface area contributed by atoms with E-state index in [2.05, 4.69) is 13.8 Å². The molecule has 0 saturated heterocycles. The smallest absolute Gasteiger partial charge is 0.0725 e. The maximum atomic E-state index is 10.7. The van der Waals surface area contributed by atoms with E-state index in [1.807, 2.05) is 0 Å². The first-order valence-corrected chi connectivity index (χ1v) is 6.26. The zero-order valence-electron chi connectivity index (χ0n) is 10.1. The number of hydrogen-bond donors (Lipinski definition) is 2. The lowest BCUT2D eigenvalue weighted by molar-refractivity contribution is -0.0679. The van der Waals surface area contributed by atoms with Gasteiger partial charge in [-0.25, -0.2) is 0 Å². The second-order valence-electron chi connectivity index (χ2n) is 6.49. The molecule has 88 valence electrons. The lowest BCUT2D eigenvalue weighted by Gasteiger charge is -2.35. The van der Waals surface area contributed by atoms with E-state index < -0.39 is 5.60 Å². The third-order valence-corrected chi connectivity index (χ3v) is 4.80. The molecule has 1 atom stereocenters. The van der Waals surface area contributed by atoms with Crippen molar-refractivity contribution in [1.82, 2.24) is 0 Å². The molecule has 0 heterocycles. The van der Waals surface area contributed by atoms with Gasteiger partial charge in [-0.15, -0.1) is 0 Å². The molecule has 2 N–H and O–H groups in total. The molecular weight excluding hydrogens is 188 g/mol. The number of hydrogen-bond acceptors (Lipinski definition) is 2. The summed E-state index contributed by atoms with van der Waals surface area (Å²) in [6.07, 6.45) is 7.19. The van der Waals surface area contributed by atoms with Gasteiger partial charge in [0.05, 0.1) is 12.2 Å². The van der Waals surface area contributed by atoms with Crippen LogP contribution in [0.2, 0.25) is 0 Å². The molecule has 0 bridgehead atoms. The van der Waals surface area contributed by atoms with Gasteiger partial charge in [-0.05, 0) is 43.9 Å². The molecule has 2 heteroatoms. The molecule has 2 aliphatic rings. The van der Waals surface area contributed by atoms with Crippen LogP contribution in [0.4, 0.5) is 0 Å². The lowest BCUT2D eigenvalue weighted by Crippen LogP contribution is -2.41. The van der Waals surface area contributed by atoms with Gasteiger partial charge in [0.1, 0.15) is 0 Å². The van der Waals surface area contributed by atoms with Gasteiger partial charge in [0.2, 0.25) is 0 Å².